The van der Waals surface area contributed by atoms with Gasteiger partial charge in [0.2, 0.25) is 0 Å². The van der Waals surface area contributed by atoms with Crippen LogP contribution in [0.15, 0.2) is 47.6 Å². The minimum absolute atomic E-state index is 0.266. The SMILES string of the molecule is O=Nc1ccc2c(c1)OCC(c1ccc(O)cc1)C2. The Morgan fingerprint density at radius 3 is 2.68 bits per heavy atom. The van der Waals surface area contributed by atoms with Crippen molar-refractivity contribution >= 4 is 5.69 Å². The lowest BCUT2D eigenvalue weighted by molar-refractivity contribution is 0.262. The lowest BCUT2D eigenvalue weighted by Gasteiger charge is -2.25. The van der Waals surface area contributed by atoms with Gasteiger partial charge in [0.1, 0.15) is 17.2 Å². The molecule has 1 aliphatic heterocycles. The van der Waals surface area contributed by atoms with Gasteiger partial charge in [0, 0.05) is 12.0 Å². The highest BCUT2D eigenvalue weighted by atomic mass is 16.5. The number of phenols is 1. The zero-order valence-electron chi connectivity index (χ0n) is 10.2. The predicted octanol–water partition coefficient (Wildman–Crippen LogP) is 3.51. The summed E-state index contributed by atoms with van der Waals surface area (Å²) in [6, 6.07) is 12.5. The minimum atomic E-state index is 0.266. The highest BCUT2D eigenvalue weighted by Gasteiger charge is 2.21. The molecular weight excluding hydrogens is 242 g/mol. The summed E-state index contributed by atoms with van der Waals surface area (Å²) in [4.78, 5) is 10.5. The summed E-state index contributed by atoms with van der Waals surface area (Å²) in [5.74, 6) is 1.28. The maximum Gasteiger partial charge on any atom is 0.124 e. The molecule has 4 heteroatoms. The molecule has 0 radical (unpaired) electrons. The van der Waals surface area contributed by atoms with E-state index in [1.165, 1.54) is 0 Å². The van der Waals surface area contributed by atoms with Crippen LogP contribution in [0.2, 0.25) is 0 Å². The molecule has 96 valence electrons. The molecular formula is C15H13NO3. The summed E-state index contributed by atoms with van der Waals surface area (Å²) >= 11 is 0. The van der Waals surface area contributed by atoms with E-state index < -0.39 is 0 Å². The third kappa shape index (κ3) is 2.29. The van der Waals surface area contributed by atoms with Gasteiger partial charge in [0.05, 0.1) is 6.61 Å². The van der Waals surface area contributed by atoms with E-state index in [1.807, 2.05) is 18.2 Å². The number of nitrogens with zero attached hydrogens (tertiary/aromatic N) is 1. The molecule has 2 aromatic carbocycles. The third-order valence-corrected chi connectivity index (χ3v) is 3.43. The van der Waals surface area contributed by atoms with Crippen LogP contribution in [0.5, 0.6) is 11.5 Å². The Morgan fingerprint density at radius 1 is 1.16 bits per heavy atom. The number of nitroso groups, excluding NO2 is 1. The molecule has 0 fully saturated rings. The highest BCUT2D eigenvalue weighted by molar-refractivity contribution is 5.49. The molecule has 19 heavy (non-hydrogen) atoms. The van der Waals surface area contributed by atoms with Crippen LogP contribution in [0, 0.1) is 4.91 Å². The molecule has 0 saturated carbocycles. The maximum absolute atomic E-state index is 10.5. The second kappa shape index (κ2) is 4.72. The number of phenolic OH excluding ortho intramolecular Hbond substituents is 1. The topological polar surface area (TPSA) is 58.9 Å². The van der Waals surface area contributed by atoms with Crippen molar-refractivity contribution in [3.05, 3.63) is 58.5 Å². The Labute approximate surface area is 110 Å². The Hall–Kier alpha value is -2.36. The summed E-state index contributed by atoms with van der Waals surface area (Å²) in [6.07, 6.45) is 0.860. The molecule has 2 aromatic rings. The molecule has 1 N–H and O–H groups in total. The van der Waals surface area contributed by atoms with Crippen molar-refractivity contribution in [3.63, 3.8) is 0 Å². The third-order valence-electron chi connectivity index (χ3n) is 3.43. The van der Waals surface area contributed by atoms with E-state index in [-0.39, 0.29) is 11.7 Å². The molecule has 0 aliphatic carbocycles. The van der Waals surface area contributed by atoms with Crippen molar-refractivity contribution in [2.24, 2.45) is 5.18 Å². The smallest absolute Gasteiger partial charge is 0.124 e. The standard InChI is InChI=1S/C15H13NO3/c17-14-5-2-10(3-6-14)12-7-11-1-4-13(16-18)8-15(11)19-9-12/h1-6,8,12,17H,7,9H2. The molecule has 1 heterocycles. The van der Waals surface area contributed by atoms with Crippen LogP contribution in [-0.4, -0.2) is 11.7 Å². The van der Waals surface area contributed by atoms with Crippen LogP contribution in [-0.2, 0) is 6.42 Å². The van der Waals surface area contributed by atoms with Crippen LogP contribution >= 0.6 is 0 Å². The van der Waals surface area contributed by atoms with E-state index in [0.717, 1.165) is 23.3 Å². The average molecular weight is 255 g/mol. The summed E-state index contributed by atoms with van der Waals surface area (Å²) in [5.41, 5.74) is 2.61. The van der Waals surface area contributed by atoms with E-state index in [4.69, 9.17) is 4.74 Å². The summed E-state index contributed by atoms with van der Waals surface area (Å²) in [7, 11) is 0. The van der Waals surface area contributed by atoms with Gasteiger partial charge in [-0.2, -0.15) is 0 Å². The number of benzene rings is 2. The second-order valence-electron chi connectivity index (χ2n) is 4.69. The molecule has 1 aliphatic rings. The van der Waals surface area contributed by atoms with Crippen LogP contribution in [0.1, 0.15) is 17.0 Å². The fourth-order valence-electron chi connectivity index (χ4n) is 2.38. The molecule has 0 aromatic heterocycles. The molecule has 0 spiro atoms. The maximum atomic E-state index is 10.5. The van der Waals surface area contributed by atoms with Crippen LogP contribution in [0.3, 0.4) is 0 Å². The Bertz CT molecular complexity index is 607. The monoisotopic (exact) mass is 255 g/mol. The number of hydrogen-bond acceptors (Lipinski definition) is 4. The highest BCUT2D eigenvalue weighted by Crippen LogP contribution is 2.35. The van der Waals surface area contributed by atoms with Crippen LogP contribution in [0.25, 0.3) is 0 Å². The normalized spacial score (nSPS) is 17.4. The number of fused-ring (bicyclic) bond motifs is 1. The lowest BCUT2D eigenvalue weighted by atomic mass is 9.90. The fraction of sp³-hybridized carbons (Fsp3) is 0.200. The first kappa shape index (κ1) is 11.7. The van der Waals surface area contributed by atoms with Gasteiger partial charge in [-0.3, -0.25) is 0 Å². The minimum Gasteiger partial charge on any atom is -0.508 e. The summed E-state index contributed by atoms with van der Waals surface area (Å²) in [6.45, 7) is 0.570. The van der Waals surface area contributed by atoms with Crippen LogP contribution < -0.4 is 4.74 Å². The van der Waals surface area contributed by atoms with Crippen molar-refractivity contribution in [1.29, 1.82) is 0 Å². The summed E-state index contributed by atoms with van der Waals surface area (Å²) < 4.78 is 5.70. The van der Waals surface area contributed by atoms with Crippen molar-refractivity contribution in [3.8, 4) is 11.5 Å². The number of aromatic hydroxyl groups is 1. The average Bonchev–Trinajstić information content (AvgIpc) is 2.47. The van der Waals surface area contributed by atoms with E-state index in [0.29, 0.717) is 12.3 Å². The number of rotatable bonds is 2. The molecule has 0 amide bonds. The first-order chi connectivity index (χ1) is 9.26. The van der Waals surface area contributed by atoms with Gasteiger partial charge in [-0.1, -0.05) is 18.2 Å². The zero-order chi connectivity index (χ0) is 13.2. The number of ether oxygens (including phenoxy) is 1. The number of hydrogen-bond donors (Lipinski definition) is 1. The van der Waals surface area contributed by atoms with E-state index in [2.05, 4.69) is 5.18 Å². The van der Waals surface area contributed by atoms with Gasteiger partial charge in [-0.25, -0.2) is 0 Å². The van der Waals surface area contributed by atoms with Crippen molar-refractivity contribution < 1.29 is 9.84 Å². The molecule has 0 bridgehead atoms. The molecule has 1 unspecified atom stereocenters. The van der Waals surface area contributed by atoms with Crippen molar-refractivity contribution in [2.75, 3.05) is 6.61 Å². The zero-order valence-corrected chi connectivity index (χ0v) is 10.2. The van der Waals surface area contributed by atoms with Gasteiger partial charge in [-0.05, 0) is 40.9 Å². The molecule has 0 saturated heterocycles. The van der Waals surface area contributed by atoms with Gasteiger partial charge in [0.25, 0.3) is 0 Å². The van der Waals surface area contributed by atoms with Crippen LogP contribution in [0.4, 0.5) is 5.69 Å². The van der Waals surface area contributed by atoms with Crippen molar-refractivity contribution in [1.82, 2.24) is 0 Å². The van der Waals surface area contributed by atoms with E-state index in [1.54, 1.807) is 24.3 Å². The van der Waals surface area contributed by atoms with E-state index >= 15 is 0 Å². The summed E-state index contributed by atoms with van der Waals surface area (Å²) in [5, 5.41) is 12.2. The largest absolute Gasteiger partial charge is 0.508 e. The Kier molecular flexibility index (Phi) is 2.91. The van der Waals surface area contributed by atoms with Crippen molar-refractivity contribution in [2.45, 2.75) is 12.3 Å². The molecule has 3 rings (SSSR count). The van der Waals surface area contributed by atoms with Gasteiger partial charge >= 0.3 is 0 Å². The quantitative estimate of drug-likeness (QED) is 0.835. The van der Waals surface area contributed by atoms with Gasteiger partial charge in [0.15, 0.2) is 0 Å². The Morgan fingerprint density at radius 2 is 1.95 bits per heavy atom. The lowest BCUT2D eigenvalue weighted by Crippen LogP contribution is -2.18. The van der Waals surface area contributed by atoms with Gasteiger partial charge < -0.3 is 9.84 Å². The molecule has 4 nitrogen and oxygen atoms in total. The fourth-order valence-corrected chi connectivity index (χ4v) is 2.38. The van der Waals surface area contributed by atoms with E-state index in [9.17, 15) is 10.0 Å². The predicted molar refractivity (Wildman–Crippen MR) is 71.9 cm³/mol. The first-order valence-electron chi connectivity index (χ1n) is 6.14. The molecule has 1 atom stereocenters. The van der Waals surface area contributed by atoms with Gasteiger partial charge in [-0.15, -0.1) is 4.91 Å². The Balaban J connectivity index is 1.86. The first-order valence-corrected chi connectivity index (χ1v) is 6.14. The second-order valence-corrected chi connectivity index (χ2v) is 4.69.